The van der Waals surface area contributed by atoms with Crippen molar-refractivity contribution in [2.75, 3.05) is 6.54 Å². The largest absolute Gasteiger partial charge is 0.481 e. The van der Waals surface area contributed by atoms with E-state index in [9.17, 15) is 19.8 Å². The lowest BCUT2D eigenvalue weighted by Gasteiger charge is -2.20. The minimum Gasteiger partial charge on any atom is -0.481 e. The molecule has 1 amide bonds. The van der Waals surface area contributed by atoms with Crippen LogP contribution in [0.1, 0.15) is 30.6 Å². The summed E-state index contributed by atoms with van der Waals surface area (Å²) in [4.78, 5) is 21.5. The zero-order chi connectivity index (χ0) is 15.1. The third-order valence-corrected chi connectivity index (χ3v) is 2.89. The van der Waals surface area contributed by atoms with E-state index in [1.165, 1.54) is 6.92 Å². The summed E-state index contributed by atoms with van der Waals surface area (Å²) in [7, 11) is 0. The minimum atomic E-state index is -1.18. The van der Waals surface area contributed by atoms with Crippen LogP contribution in [0.3, 0.4) is 0 Å². The number of amides is 1. The lowest BCUT2D eigenvalue weighted by atomic mass is 9.95. The molecule has 2 unspecified atom stereocenters. The molecule has 0 spiro atoms. The van der Waals surface area contributed by atoms with Crippen LogP contribution in [0, 0.1) is 0 Å². The zero-order valence-electron chi connectivity index (χ0n) is 11.2. The van der Waals surface area contributed by atoms with Gasteiger partial charge in [0, 0.05) is 13.5 Å². The monoisotopic (exact) mass is 281 g/mol. The van der Waals surface area contributed by atoms with Crippen molar-refractivity contribution in [3.63, 3.8) is 0 Å². The second kappa shape index (κ2) is 7.62. The average Bonchev–Trinajstić information content (AvgIpc) is 2.37. The molecule has 0 bridgehead atoms. The number of aliphatic carboxylic acids is 1. The Morgan fingerprint density at radius 1 is 1.25 bits per heavy atom. The molecule has 1 aromatic carbocycles. The van der Waals surface area contributed by atoms with E-state index in [1.807, 2.05) is 0 Å². The number of carbonyl (C=O) groups excluding carboxylic acids is 1. The van der Waals surface area contributed by atoms with Gasteiger partial charge >= 0.3 is 5.97 Å². The van der Waals surface area contributed by atoms with E-state index in [-0.39, 0.29) is 25.3 Å². The van der Waals surface area contributed by atoms with Crippen LogP contribution in [0.2, 0.25) is 0 Å². The number of carboxylic acid groups (broad SMARTS) is 1. The van der Waals surface area contributed by atoms with Crippen LogP contribution in [-0.2, 0) is 16.0 Å². The molecule has 1 rings (SSSR count). The molecule has 110 valence electrons. The normalized spacial score (nSPS) is 13.6. The SMILES string of the molecule is CC(=O)NCCC(O)C(O)c1ccccc1CC(=O)O. The van der Waals surface area contributed by atoms with Crippen LogP contribution in [-0.4, -0.2) is 39.8 Å². The van der Waals surface area contributed by atoms with Gasteiger partial charge in [-0.2, -0.15) is 0 Å². The van der Waals surface area contributed by atoms with E-state index < -0.39 is 18.2 Å². The zero-order valence-corrected chi connectivity index (χ0v) is 11.2. The molecule has 0 aliphatic heterocycles. The van der Waals surface area contributed by atoms with Crippen molar-refractivity contribution in [1.82, 2.24) is 5.32 Å². The Bertz CT molecular complexity index is 474. The molecule has 0 fully saturated rings. The summed E-state index contributed by atoms with van der Waals surface area (Å²) in [6, 6.07) is 6.54. The number of nitrogens with one attached hydrogen (secondary N) is 1. The number of rotatable bonds is 7. The fourth-order valence-corrected chi connectivity index (χ4v) is 1.91. The Balaban J connectivity index is 2.72. The maximum Gasteiger partial charge on any atom is 0.307 e. The van der Waals surface area contributed by atoms with Crippen molar-refractivity contribution < 1.29 is 24.9 Å². The van der Waals surface area contributed by atoms with Gasteiger partial charge in [-0.15, -0.1) is 0 Å². The van der Waals surface area contributed by atoms with E-state index in [2.05, 4.69) is 5.32 Å². The van der Waals surface area contributed by atoms with Gasteiger partial charge in [0.1, 0.15) is 6.10 Å². The van der Waals surface area contributed by atoms with Gasteiger partial charge in [0.25, 0.3) is 0 Å². The first-order valence-electron chi connectivity index (χ1n) is 6.32. The molecule has 0 radical (unpaired) electrons. The summed E-state index contributed by atoms with van der Waals surface area (Å²) in [6.07, 6.45) is -2.29. The first kappa shape index (κ1) is 16.1. The quantitative estimate of drug-likeness (QED) is 0.572. The fourth-order valence-electron chi connectivity index (χ4n) is 1.91. The van der Waals surface area contributed by atoms with Crippen molar-refractivity contribution in [2.24, 2.45) is 0 Å². The fraction of sp³-hybridized carbons (Fsp3) is 0.429. The summed E-state index contributed by atoms with van der Waals surface area (Å²) < 4.78 is 0. The Morgan fingerprint density at radius 2 is 1.90 bits per heavy atom. The van der Waals surface area contributed by atoms with Crippen LogP contribution in [0.5, 0.6) is 0 Å². The van der Waals surface area contributed by atoms with Crippen LogP contribution in [0.25, 0.3) is 0 Å². The standard InChI is InChI=1S/C14H19NO5/c1-9(16)15-7-6-12(17)14(20)11-5-3-2-4-10(11)8-13(18)19/h2-5,12,14,17,20H,6-8H2,1H3,(H,15,16)(H,18,19). The highest BCUT2D eigenvalue weighted by Gasteiger charge is 2.21. The molecule has 0 saturated heterocycles. The third-order valence-electron chi connectivity index (χ3n) is 2.89. The highest BCUT2D eigenvalue weighted by Crippen LogP contribution is 2.23. The van der Waals surface area contributed by atoms with Gasteiger partial charge < -0.3 is 20.6 Å². The van der Waals surface area contributed by atoms with Crippen molar-refractivity contribution >= 4 is 11.9 Å². The topological polar surface area (TPSA) is 107 Å². The molecule has 0 aliphatic carbocycles. The van der Waals surface area contributed by atoms with Crippen LogP contribution in [0.15, 0.2) is 24.3 Å². The van der Waals surface area contributed by atoms with E-state index in [0.717, 1.165) is 0 Å². The summed E-state index contributed by atoms with van der Waals surface area (Å²) in [5, 5.41) is 31.3. The van der Waals surface area contributed by atoms with E-state index in [1.54, 1.807) is 24.3 Å². The Labute approximate surface area is 117 Å². The van der Waals surface area contributed by atoms with E-state index in [0.29, 0.717) is 11.1 Å². The number of benzene rings is 1. The maximum absolute atomic E-state index is 10.8. The number of hydrogen-bond donors (Lipinski definition) is 4. The van der Waals surface area contributed by atoms with Gasteiger partial charge in [0.05, 0.1) is 12.5 Å². The maximum atomic E-state index is 10.8. The van der Waals surface area contributed by atoms with Crippen molar-refractivity contribution in [3.05, 3.63) is 35.4 Å². The number of carbonyl (C=O) groups is 2. The minimum absolute atomic E-state index is 0.183. The molecule has 0 saturated carbocycles. The lowest BCUT2D eigenvalue weighted by molar-refractivity contribution is -0.136. The highest BCUT2D eigenvalue weighted by molar-refractivity contribution is 5.72. The van der Waals surface area contributed by atoms with Gasteiger partial charge in [-0.05, 0) is 17.5 Å². The smallest absolute Gasteiger partial charge is 0.307 e. The van der Waals surface area contributed by atoms with Gasteiger partial charge in [0.2, 0.25) is 5.91 Å². The molecule has 0 aromatic heterocycles. The number of hydrogen-bond acceptors (Lipinski definition) is 4. The van der Waals surface area contributed by atoms with Crippen molar-refractivity contribution in [3.8, 4) is 0 Å². The second-order valence-corrected chi connectivity index (χ2v) is 4.55. The van der Waals surface area contributed by atoms with Crippen LogP contribution in [0.4, 0.5) is 0 Å². The van der Waals surface area contributed by atoms with Gasteiger partial charge in [-0.1, -0.05) is 24.3 Å². The summed E-state index contributed by atoms with van der Waals surface area (Å²) in [5.41, 5.74) is 0.858. The molecule has 4 N–H and O–H groups in total. The molecular weight excluding hydrogens is 262 g/mol. The second-order valence-electron chi connectivity index (χ2n) is 4.55. The van der Waals surface area contributed by atoms with E-state index >= 15 is 0 Å². The number of aliphatic hydroxyl groups is 2. The first-order valence-corrected chi connectivity index (χ1v) is 6.32. The van der Waals surface area contributed by atoms with Gasteiger partial charge in [-0.3, -0.25) is 9.59 Å². The van der Waals surface area contributed by atoms with Crippen LogP contribution >= 0.6 is 0 Å². The summed E-state index contributed by atoms with van der Waals surface area (Å²) >= 11 is 0. The Kier molecular flexibility index (Phi) is 6.14. The molecule has 0 heterocycles. The predicted octanol–water partition coefficient (Wildman–Crippen LogP) is 0.234. The van der Waals surface area contributed by atoms with Crippen molar-refractivity contribution in [1.29, 1.82) is 0 Å². The molecule has 20 heavy (non-hydrogen) atoms. The number of aliphatic hydroxyl groups excluding tert-OH is 2. The summed E-state index contributed by atoms with van der Waals surface area (Å²) in [6.45, 7) is 1.61. The predicted molar refractivity (Wildman–Crippen MR) is 72.0 cm³/mol. The lowest BCUT2D eigenvalue weighted by Crippen LogP contribution is -2.28. The summed E-state index contributed by atoms with van der Waals surface area (Å²) in [5.74, 6) is -1.21. The number of carboxylic acids is 1. The van der Waals surface area contributed by atoms with Gasteiger partial charge in [-0.25, -0.2) is 0 Å². The van der Waals surface area contributed by atoms with Crippen molar-refractivity contribution in [2.45, 2.75) is 32.0 Å². The molecule has 2 atom stereocenters. The Morgan fingerprint density at radius 3 is 2.50 bits per heavy atom. The average molecular weight is 281 g/mol. The molecular formula is C14H19NO5. The molecule has 0 aliphatic rings. The van der Waals surface area contributed by atoms with E-state index in [4.69, 9.17) is 5.11 Å². The molecule has 6 nitrogen and oxygen atoms in total. The molecule has 6 heteroatoms. The van der Waals surface area contributed by atoms with Gasteiger partial charge in [0.15, 0.2) is 0 Å². The van der Waals surface area contributed by atoms with Crippen LogP contribution < -0.4 is 5.32 Å². The highest BCUT2D eigenvalue weighted by atomic mass is 16.4. The third kappa shape index (κ3) is 4.99. The Hall–Kier alpha value is -1.92. The first-order chi connectivity index (χ1) is 9.41. The molecule has 1 aromatic rings.